The minimum Gasteiger partial charge on any atom is -0.457 e. The lowest BCUT2D eigenvalue weighted by molar-refractivity contribution is -0.296. The molecule has 3 aliphatic heterocycles. The molecule has 5 rings (SSSR count). The highest BCUT2D eigenvalue weighted by molar-refractivity contribution is 7.13. The summed E-state index contributed by atoms with van der Waals surface area (Å²) < 4.78 is 32.3. The van der Waals surface area contributed by atoms with Crippen LogP contribution in [0.4, 0.5) is 5.82 Å². The van der Waals surface area contributed by atoms with Gasteiger partial charge >= 0.3 is 5.97 Å². The van der Waals surface area contributed by atoms with Crippen LogP contribution in [0.2, 0.25) is 0 Å². The van der Waals surface area contributed by atoms with Gasteiger partial charge < -0.3 is 65.1 Å². The number of ketones is 1. The second kappa shape index (κ2) is 22.6. The van der Waals surface area contributed by atoms with Crippen LogP contribution in [0, 0.1) is 11.8 Å². The highest BCUT2D eigenvalue weighted by Crippen LogP contribution is 2.41. The summed E-state index contributed by atoms with van der Waals surface area (Å²) in [5, 5.41) is 48.6. The maximum atomic E-state index is 14.7. The number of nitrogens with two attached hydrogens (primary N) is 1. The van der Waals surface area contributed by atoms with Gasteiger partial charge in [0.15, 0.2) is 18.7 Å². The highest BCUT2D eigenvalue weighted by atomic mass is 32.1. The third-order valence-corrected chi connectivity index (χ3v) is 13.8. The van der Waals surface area contributed by atoms with Gasteiger partial charge in [-0.1, -0.05) is 32.9 Å². The van der Waals surface area contributed by atoms with Crippen LogP contribution in [-0.4, -0.2) is 152 Å². The van der Waals surface area contributed by atoms with E-state index in [-0.39, 0.29) is 62.7 Å². The zero-order valence-electron chi connectivity index (χ0n) is 41.2. The number of aliphatic hydroxyl groups is 3. The molecule has 2 aromatic rings. The van der Waals surface area contributed by atoms with Gasteiger partial charge in [0.25, 0.3) is 0 Å². The first-order valence-electron chi connectivity index (χ1n) is 23.1. The van der Waals surface area contributed by atoms with E-state index < -0.39 is 83.2 Å². The Hall–Kier alpha value is -4.29. The van der Waals surface area contributed by atoms with E-state index in [0.29, 0.717) is 39.8 Å². The number of rotatable bonds is 12. The normalized spacial score (nSPS) is 35.4. The number of nitrogens with zero attached hydrogens (tertiary/aromatic N) is 4. The first-order chi connectivity index (χ1) is 31.8. The number of fused-ring (bicyclic) bond motifs is 4. The number of aliphatic hydroxyl groups excluding tert-OH is 1. The van der Waals surface area contributed by atoms with Crippen molar-refractivity contribution in [3.8, 4) is 10.6 Å². The molecule has 1 fully saturated rings. The Bertz CT molecular complexity index is 2160. The SMILES string of the molecule is CCC(=O)N/C1=C(\C)[C@H]2OCC(=NOCc3ccc(-c4nc(NC(=O)[C@H](C)N)cs4)cn3)CO[C@](C)(C[C@H]1C)[C@H](O[C@@H]1O[C@H](C)C[C@H](N(C)C)[C@H]1O)[C@@H](C)C(=O)[C@](C)(O)C(=O)O[C@H](CC)[C@@]2(C)O. The van der Waals surface area contributed by atoms with E-state index >= 15 is 0 Å². The Morgan fingerprint density at radius 1 is 1.10 bits per heavy atom. The van der Waals surface area contributed by atoms with Gasteiger partial charge in [-0.2, -0.15) is 0 Å². The third-order valence-electron chi connectivity index (χ3n) is 13.0. The van der Waals surface area contributed by atoms with E-state index in [1.54, 1.807) is 58.3 Å². The number of esters is 1. The average Bonchev–Trinajstić information content (AvgIpc) is 3.75. The van der Waals surface area contributed by atoms with Gasteiger partial charge in [0.05, 0.1) is 42.8 Å². The van der Waals surface area contributed by atoms with Crippen LogP contribution in [0.1, 0.15) is 101 Å². The number of thiazole rings is 1. The standard InChI is InChI=1S/C47H71N7O13S/c1-13-33-46(9,60)40-26(5)36(52-35(55)14-2)24(3)18-45(8,39(27(6)38(57)47(10,61)44(59)66-33)67-43-37(56)32(54(11)12)17-25(4)65-43)63-21-31(20-62-40)53-64-22-30-16-15-29(19-49-30)42-51-34(23-68-42)50-41(58)28(7)48/h15-16,19,23-25,27-28,32-33,37,39-40,43,56,60-61H,13-14,17-18,20-22,48H2,1-12H3,(H,50,58)(H,52,55)/b36-26+,53-31?/t24-,25-,27+,28+,32+,33-,37-,39-,40-,43+,45-,46-,47+/m1/s1. The average molecular weight is 974 g/mol. The van der Waals surface area contributed by atoms with Crippen LogP contribution in [0.15, 0.2) is 40.1 Å². The van der Waals surface area contributed by atoms with Crippen molar-refractivity contribution < 1.29 is 63.0 Å². The van der Waals surface area contributed by atoms with E-state index in [1.165, 1.54) is 25.2 Å². The van der Waals surface area contributed by atoms with Crippen molar-refractivity contribution in [2.75, 3.05) is 32.6 Å². The maximum Gasteiger partial charge on any atom is 0.346 e. The number of carbonyl (C=O) groups excluding carboxylic acids is 4. The van der Waals surface area contributed by atoms with Gasteiger partial charge in [-0.25, -0.2) is 9.78 Å². The quantitative estimate of drug-likeness (QED) is 0.101. The predicted octanol–water partition coefficient (Wildman–Crippen LogP) is 3.22. The fraction of sp³-hybridized carbons (Fsp3) is 0.681. The molecule has 68 heavy (non-hydrogen) atoms. The Morgan fingerprint density at radius 2 is 1.81 bits per heavy atom. The van der Waals surface area contributed by atoms with Gasteiger partial charge in [0.1, 0.15) is 40.5 Å². The van der Waals surface area contributed by atoms with Gasteiger partial charge in [-0.15, -0.1) is 11.3 Å². The lowest BCUT2D eigenvalue weighted by Crippen LogP contribution is -2.61. The molecule has 0 spiro atoms. The summed E-state index contributed by atoms with van der Waals surface area (Å²) in [6.07, 6.45) is -4.60. The minimum absolute atomic E-state index is 0.0244. The maximum absolute atomic E-state index is 14.7. The number of carbonyl (C=O) groups is 4. The summed E-state index contributed by atoms with van der Waals surface area (Å²) in [5.41, 5.74) is 1.52. The first-order valence-corrected chi connectivity index (χ1v) is 24.0. The number of allylic oxidation sites excluding steroid dienone is 1. The topological polar surface area (TPSA) is 276 Å². The van der Waals surface area contributed by atoms with E-state index in [1.807, 2.05) is 32.8 Å². The lowest BCUT2D eigenvalue weighted by atomic mass is 9.75. The number of ether oxygens (including phenoxy) is 5. The molecule has 1 saturated heterocycles. The number of nitrogens with one attached hydrogen (secondary N) is 2. The summed E-state index contributed by atoms with van der Waals surface area (Å²) in [4.78, 5) is 70.8. The van der Waals surface area contributed by atoms with Crippen LogP contribution in [0.25, 0.3) is 10.6 Å². The number of anilines is 1. The number of likely N-dealkylation sites (N-methyl/N-ethyl adjacent to an activating group) is 1. The molecule has 21 heteroatoms. The van der Waals surface area contributed by atoms with Crippen LogP contribution < -0.4 is 16.4 Å². The fourth-order valence-corrected chi connectivity index (χ4v) is 9.78. The third kappa shape index (κ3) is 12.5. The summed E-state index contributed by atoms with van der Waals surface area (Å²) in [6, 6.07) is 2.44. The number of cyclic esters (lactones) is 1. The molecule has 0 unspecified atom stereocenters. The molecule has 3 aliphatic rings. The van der Waals surface area contributed by atoms with Crippen molar-refractivity contribution >= 4 is 46.4 Å². The molecule has 378 valence electrons. The summed E-state index contributed by atoms with van der Waals surface area (Å²) in [7, 11) is 3.65. The zero-order chi connectivity index (χ0) is 50.5. The number of oxime groups is 1. The molecule has 0 saturated carbocycles. The number of Topliss-reactive ketones (excluding diaryl/α,β-unsaturated/α-hetero) is 1. The number of amides is 2. The van der Waals surface area contributed by atoms with Crippen molar-refractivity contribution in [1.29, 1.82) is 0 Å². The number of pyridine rings is 1. The summed E-state index contributed by atoms with van der Waals surface area (Å²) in [6.45, 7) is 15.3. The van der Waals surface area contributed by atoms with Crippen LogP contribution in [0.3, 0.4) is 0 Å². The molecule has 0 aliphatic carbocycles. The Kier molecular flexibility index (Phi) is 18.2. The molecule has 7 N–H and O–H groups in total. The molecule has 0 aromatic carbocycles. The monoisotopic (exact) mass is 973 g/mol. The minimum atomic E-state index is -2.74. The van der Waals surface area contributed by atoms with Crippen LogP contribution in [0.5, 0.6) is 0 Å². The molecule has 2 amide bonds. The molecule has 5 heterocycles. The molecular weight excluding hydrogens is 903 g/mol. The Morgan fingerprint density at radius 3 is 2.43 bits per heavy atom. The number of hydrogen-bond acceptors (Lipinski definition) is 19. The summed E-state index contributed by atoms with van der Waals surface area (Å²) in [5.74, 6) is -4.53. The van der Waals surface area contributed by atoms with E-state index in [2.05, 4.69) is 25.8 Å². The van der Waals surface area contributed by atoms with E-state index in [0.717, 1.165) is 6.92 Å². The fourth-order valence-electron chi connectivity index (χ4n) is 9.04. The van der Waals surface area contributed by atoms with Crippen LogP contribution in [-0.2, 0) is 54.3 Å². The molecule has 2 aromatic heterocycles. The second-order valence-corrected chi connectivity index (χ2v) is 19.9. The highest BCUT2D eigenvalue weighted by Gasteiger charge is 2.55. The van der Waals surface area contributed by atoms with Gasteiger partial charge in [-0.3, -0.25) is 19.4 Å². The summed E-state index contributed by atoms with van der Waals surface area (Å²) >= 11 is 1.32. The smallest absolute Gasteiger partial charge is 0.346 e. The number of aromatic nitrogens is 2. The zero-order valence-corrected chi connectivity index (χ0v) is 42.0. The van der Waals surface area contributed by atoms with Crippen molar-refractivity contribution in [3.05, 3.63) is 40.7 Å². The van der Waals surface area contributed by atoms with Gasteiger partial charge in [0, 0.05) is 41.2 Å². The first kappa shape index (κ1) is 54.6. The van der Waals surface area contributed by atoms with Crippen molar-refractivity contribution in [2.45, 2.75) is 167 Å². The van der Waals surface area contributed by atoms with Crippen molar-refractivity contribution in [1.82, 2.24) is 20.2 Å². The second-order valence-electron chi connectivity index (χ2n) is 19.1. The largest absolute Gasteiger partial charge is 0.457 e. The molecule has 20 nitrogen and oxygen atoms in total. The Labute approximate surface area is 402 Å². The van der Waals surface area contributed by atoms with E-state index in [9.17, 15) is 34.5 Å². The predicted molar refractivity (Wildman–Crippen MR) is 252 cm³/mol. The van der Waals surface area contributed by atoms with Gasteiger partial charge in [0.2, 0.25) is 17.4 Å². The van der Waals surface area contributed by atoms with Crippen molar-refractivity contribution in [3.63, 3.8) is 0 Å². The van der Waals surface area contributed by atoms with Gasteiger partial charge in [-0.05, 0) is 98.5 Å². The van der Waals surface area contributed by atoms with Crippen LogP contribution >= 0.6 is 11.3 Å². The molecule has 0 radical (unpaired) electrons. The van der Waals surface area contributed by atoms with E-state index in [4.69, 9.17) is 34.3 Å². The number of hydrogen-bond donors (Lipinski definition) is 6. The Balaban J connectivity index is 1.61. The molecule has 2 bridgehead atoms. The molecular formula is C47H71N7O13S. The van der Waals surface area contributed by atoms with Crippen molar-refractivity contribution in [2.24, 2.45) is 22.7 Å². The lowest BCUT2D eigenvalue weighted by Gasteiger charge is -2.47. The molecule has 13 atom stereocenters.